The van der Waals surface area contributed by atoms with E-state index in [1.807, 2.05) is 0 Å². The van der Waals surface area contributed by atoms with E-state index in [0.29, 0.717) is 39.1 Å². The number of benzene rings is 2. The smallest absolute Gasteiger partial charge is 0.250 e. The third-order valence-electron chi connectivity index (χ3n) is 5.83. The van der Waals surface area contributed by atoms with Gasteiger partial charge in [-0.15, -0.1) is 0 Å². The van der Waals surface area contributed by atoms with Crippen molar-refractivity contribution < 1.29 is 18.3 Å². The largest absolute Gasteiger partial charge is 0.431 e. The highest BCUT2D eigenvalue weighted by molar-refractivity contribution is 6.08. The fourth-order valence-electron chi connectivity index (χ4n) is 4.09. The van der Waals surface area contributed by atoms with E-state index in [2.05, 4.69) is 31.8 Å². The van der Waals surface area contributed by atoms with Crippen LogP contribution in [0.3, 0.4) is 0 Å². The Balaban J connectivity index is 1.66. The molecule has 2 aromatic carbocycles. The van der Waals surface area contributed by atoms with Crippen LogP contribution in [0, 0.1) is 11.6 Å². The summed E-state index contributed by atoms with van der Waals surface area (Å²) in [5.74, 6) is -2.71. The first-order chi connectivity index (χ1) is 18.2. The highest BCUT2D eigenvalue weighted by Crippen LogP contribution is 2.43. The van der Waals surface area contributed by atoms with Crippen LogP contribution >= 0.6 is 0 Å². The highest BCUT2D eigenvalue weighted by atomic mass is 19.1. The maximum atomic E-state index is 15.2. The summed E-state index contributed by atoms with van der Waals surface area (Å²) in [5.41, 5.74) is 9.54. The van der Waals surface area contributed by atoms with Gasteiger partial charge in [0, 0.05) is 36.3 Å². The Bertz CT molecular complexity index is 1680. The van der Waals surface area contributed by atoms with Crippen LogP contribution in [-0.2, 0) is 11.8 Å². The summed E-state index contributed by atoms with van der Waals surface area (Å²) in [6.45, 7) is 5.24. The number of amides is 1. The second-order valence-corrected chi connectivity index (χ2v) is 8.47. The van der Waals surface area contributed by atoms with Crippen LogP contribution in [-0.4, -0.2) is 30.4 Å². The fourth-order valence-corrected chi connectivity index (χ4v) is 4.09. The molecule has 0 atom stereocenters. The first kappa shape index (κ1) is 24.5. The number of fused-ring (bicyclic) bond motifs is 1. The number of aryl methyl sites for hydroxylation is 1. The predicted octanol–water partition coefficient (Wildman–Crippen LogP) is 5.26. The van der Waals surface area contributed by atoms with Crippen LogP contribution in [0.2, 0.25) is 0 Å². The van der Waals surface area contributed by atoms with Gasteiger partial charge in [0.25, 0.3) is 5.91 Å². The van der Waals surface area contributed by atoms with Gasteiger partial charge in [0.05, 0.1) is 17.3 Å². The van der Waals surface area contributed by atoms with E-state index in [-0.39, 0.29) is 23.2 Å². The van der Waals surface area contributed by atoms with E-state index in [1.165, 1.54) is 24.9 Å². The minimum atomic E-state index is -0.943. The zero-order valence-electron chi connectivity index (χ0n) is 20.4. The van der Waals surface area contributed by atoms with Crippen molar-refractivity contribution in [1.82, 2.24) is 24.5 Å². The fraction of sp³-hybridized carbons (Fsp3) is 0.0741. The van der Waals surface area contributed by atoms with Gasteiger partial charge in [0.15, 0.2) is 11.6 Å². The Morgan fingerprint density at radius 1 is 1.05 bits per heavy atom. The van der Waals surface area contributed by atoms with Crippen LogP contribution in [0.5, 0.6) is 11.6 Å². The molecule has 0 unspecified atom stereocenters. The van der Waals surface area contributed by atoms with Crippen LogP contribution in [0.15, 0.2) is 73.5 Å². The van der Waals surface area contributed by atoms with Crippen molar-refractivity contribution in [3.05, 3.63) is 85.1 Å². The van der Waals surface area contributed by atoms with E-state index < -0.39 is 17.4 Å². The molecule has 190 valence electrons. The van der Waals surface area contributed by atoms with E-state index in [0.717, 1.165) is 12.1 Å². The minimum Gasteiger partial charge on any atom is -0.431 e. The Morgan fingerprint density at radius 2 is 1.76 bits per heavy atom. The number of nitrogen functional groups attached to an aromatic ring is 1. The maximum absolute atomic E-state index is 15.2. The Morgan fingerprint density at radius 3 is 2.39 bits per heavy atom. The quantitative estimate of drug-likeness (QED) is 0.297. The molecule has 5 aromatic rings. The van der Waals surface area contributed by atoms with Crippen LogP contribution in [0.1, 0.15) is 6.92 Å². The normalized spacial score (nSPS) is 10.9. The number of ether oxygens (including phenoxy) is 1. The molecule has 11 heteroatoms. The SMILES string of the molecule is C=C(C)C(=O)Nc1ccc(-c2c(-c3cc(F)c(Oc4cnccn4)c(F)c3)c3c(N)ncnc3n2C)cc1. The Hall–Kier alpha value is -5.19. The van der Waals surface area contributed by atoms with Gasteiger partial charge < -0.3 is 20.4 Å². The maximum Gasteiger partial charge on any atom is 0.250 e. The first-order valence-corrected chi connectivity index (χ1v) is 11.3. The van der Waals surface area contributed by atoms with E-state index in [1.54, 1.807) is 42.8 Å². The van der Waals surface area contributed by atoms with Gasteiger partial charge in [0.2, 0.25) is 11.6 Å². The number of anilines is 2. The Labute approximate surface area is 215 Å². The molecular weight excluding hydrogens is 492 g/mol. The molecule has 1 amide bonds. The molecular formula is C27H21F2N7O2. The molecule has 3 heterocycles. The summed E-state index contributed by atoms with van der Waals surface area (Å²) in [5, 5.41) is 3.18. The van der Waals surface area contributed by atoms with E-state index in [4.69, 9.17) is 10.5 Å². The van der Waals surface area contributed by atoms with Crippen molar-refractivity contribution in [2.24, 2.45) is 7.05 Å². The van der Waals surface area contributed by atoms with Gasteiger partial charge in [0.1, 0.15) is 17.8 Å². The average Bonchev–Trinajstić information content (AvgIpc) is 3.20. The number of nitrogens with one attached hydrogen (secondary N) is 1. The molecule has 0 saturated heterocycles. The van der Waals surface area contributed by atoms with E-state index in [9.17, 15) is 4.79 Å². The summed E-state index contributed by atoms with van der Waals surface area (Å²) in [6.07, 6.45) is 5.33. The molecule has 0 aliphatic rings. The topological polar surface area (TPSA) is 121 Å². The van der Waals surface area contributed by atoms with Crippen molar-refractivity contribution >= 4 is 28.4 Å². The summed E-state index contributed by atoms with van der Waals surface area (Å²) < 4.78 is 37.5. The van der Waals surface area contributed by atoms with Crippen LogP contribution in [0.4, 0.5) is 20.3 Å². The number of nitrogens with zero attached hydrogens (tertiary/aromatic N) is 5. The molecule has 9 nitrogen and oxygen atoms in total. The minimum absolute atomic E-state index is 0.0552. The van der Waals surface area contributed by atoms with Crippen molar-refractivity contribution in [2.75, 3.05) is 11.1 Å². The first-order valence-electron chi connectivity index (χ1n) is 11.3. The number of hydrogen-bond donors (Lipinski definition) is 2. The number of rotatable bonds is 6. The van der Waals surface area contributed by atoms with Crippen molar-refractivity contribution in [3.63, 3.8) is 0 Å². The summed E-state index contributed by atoms with van der Waals surface area (Å²) in [7, 11) is 1.77. The Kier molecular flexibility index (Phi) is 6.25. The van der Waals surface area contributed by atoms with E-state index >= 15 is 8.78 Å². The standard InChI is InChI=1S/C27H21F2N7O2/c1-14(2)27(37)35-17-6-4-15(5-7-17)23-21(22-25(30)33-13-34-26(22)36(23)3)16-10-18(28)24(19(29)11-16)38-20-12-31-8-9-32-20/h4-13H,1H2,2-3H3,(H,35,37)(H2,30,33,34). The molecule has 3 N–H and O–H groups in total. The summed E-state index contributed by atoms with van der Waals surface area (Å²) in [6, 6.07) is 9.28. The van der Waals surface area contributed by atoms with Crippen molar-refractivity contribution in [1.29, 1.82) is 0 Å². The second-order valence-electron chi connectivity index (χ2n) is 8.47. The lowest BCUT2D eigenvalue weighted by Gasteiger charge is -2.12. The number of halogens is 2. The molecule has 0 bridgehead atoms. The molecule has 0 spiro atoms. The zero-order valence-corrected chi connectivity index (χ0v) is 20.4. The second kappa shape index (κ2) is 9.69. The molecule has 5 rings (SSSR count). The average molecular weight is 514 g/mol. The van der Waals surface area contributed by atoms with Gasteiger partial charge in [-0.25, -0.2) is 23.7 Å². The molecule has 0 aliphatic carbocycles. The molecule has 3 aromatic heterocycles. The molecule has 0 radical (unpaired) electrons. The lowest BCUT2D eigenvalue weighted by molar-refractivity contribution is -0.112. The molecule has 0 aliphatic heterocycles. The number of nitrogens with two attached hydrogens (primary N) is 1. The van der Waals surface area contributed by atoms with Crippen molar-refractivity contribution in [3.8, 4) is 34.0 Å². The lowest BCUT2D eigenvalue weighted by Crippen LogP contribution is -2.11. The van der Waals surface area contributed by atoms with Gasteiger partial charge >= 0.3 is 0 Å². The monoisotopic (exact) mass is 513 g/mol. The number of aromatic nitrogens is 5. The number of carbonyl (C=O) groups excluding carboxylic acids is 1. The van der Waals surface area contributed by atoms with Crippen molar-refractivity contribution in [2.45, 2.75) is 6.92 Å². The highest BCUT2D eigenvalue weighted by Gasteiger charge is 2.24. The van der Waals surface area contributed by atoms with Gasteiger partial charge in [-0.1, -0.05) is 18.7 Å². The summed E-state index contributed by atoms with van der Waals surface area (Å²) in [4.78, 5) is 28.2. The van der Waals surface area contributed by atoms with Crippen LogP contribution in [0.25, 0.3) is 33.4 Å². The third-order valence-corrected chi connectivity index (χ3v) is 5.83. The number of carbonyl (C=O) groups is 1. The molecule has 0 fully saturated rings. The number of hydrogen-bond acceptors (Lipinski definition) is 7. The third kappa shape index (κ3) is 4.41. The molecule has 0 saturated carbocycles. The van der Waals surface area contributed by atoms with Crippen LogP contribution < -0.4 is 15.8 Å². The van der Waals surface area contributed by atoms with Gasteiger partial charge in [-0.05, 0) is 42.3 Å². The zero-order chi connectivity index (χ0) is 27.0. The lowest BCUT2D eigenvalue weighted by atomic mass is 9.98. The van der Waals surface area contributed by atoms with Gasteiger partial charge in [-0.2, -0.15) is 0 Å². The summed E-state index contributed by atoms with van der Waals surface area (Å²) >= 11 is 0. The van der Waals surface area contributed by atoms with Gasteiger partial charge in [-0.3, -0.25) is 9.78 Å². The predicted molar refractivity (Wildman–Crippen MR) is 139 cm³/mol. The molecule has 38 heavy (non-hydrogen) atoms.